The fourth-order valence-electron chi connectivity index (χ4n) is 4.01. The van der Waals surface area contributed by atoms with Gasteiger partial charge in [0.05, 0.1) is 36.4 Å². The lowest BCUT2D eigenvalue weighted by atomic mass is 9.95. The molecule has 1 atom stereocenters. The molecule has 0 fully saturated rings. The van der Waals surface area contributed by atoms with Gasteiger partial charge in [0.25, 0.3) is 11.5 Å². The van der Waals surface area contributed by atoms with E-state index in [4.69, 9.17) is 4.74 Å². The number of aromatic amines is 2. The number of hydrogen-bond donors (Lipinski definition) is 2. The van der Waals surface area contributed by atoms with Gasteiger partial charge in [-0.25, -0.2) is 8.78 Å². The summed E-state index contributed by atoms with van der Waals surface area (Å²) in [5, 5.41) is 1.08. The van der Waals surface area contributed by atoms with Crippen molar-refractivity contribution in [3.8, 4) is 0 Å². The van der Waals surface area contributed by atoms with Crippen molar-refractivity contribution in [2.75, 3.05) is 13.7 Å². The van der Waals surface area contributed by atoms with E-state index in [-0.39, 0.29) is 29.9 Å². The molecule has 0 bridgehead atoms. The van der Waals surface area contributed by atoms with Crippen LogP contribution in [-0.4, -0.2) is 39.4 Å². The average molecular weight is 489 g/mol. The summed E-state index contributed by atoms with van der Waals surface area (Å²) < 4.78 is 34.2. The number of likely N-dealkylation sites (N-methyl/N-ethyl adjacent to an activating group) is 1. The van der Waals surface area contributed by atoms with Gasteiger partial charge in [0.1, 0.15) is 5.69 Å². The predicted octanol–water partition coefficient (Wildman–Crippen LogP) is 3.79. The number of nitrogens with one attached hydrogen (secondary N) is 2. The molecule has 158 valence electrons. The minimum atomic E-state index is -1.11. The lowest BCUT2D eigenvalue weighted by Gasteiger charge is -2.33. The molecule has 0 aliphatic carbocycles. The number of aromatic nitrogens is 3. The second kappa shape index (κ2) is 7.24. The van der Waals surface area contributed by atoms with Crippen molar-refractivity contribution in [3.63, 3.8) is 0 Å². The smallest absolute Gasteiger partial charge is 0.270 e. The average Bonchev–Trinajstić information content (AvgIpc) is 3.19. The first kappa shape index (κ1) is 19.8. The minimum Gasteiger partial charge on any atom is -0.373 e. The van der Waals surface area contributed by atoms with Gasteiger partial charge in [-0.1, -0.05) is 0 Å². The SMILES string of the molecule is CN(C(=O)c1cc2c(Br)cncc2[nH]1)C1COCc2[nH]c(=O)c3cc(F)c(F)cc3c21. The number of nitrogens with zero attached hydrogens (tertiary/aromatic N) is 2. The molecular weight excluding hydrogens is 474 g/mol. The van der Waals surface area contributed by atoms with Gasteiger partial charge in [-0.3, -0.25) is 14.6 Å². The molecule has 0 saturated carbocycles. The van der Waals surface area contributed by atoms with Crippen LogP contribution in [0.4, 0.5) is 8.78 Å². The van der Waals surface area contributed by atoms with E-state index >= 15 is 0 Å². The number of fused-ring (bicyclic) bond motifs is 4. The van der Waals surface area contributed by atoms with Crippen LogP contribution >= 0.6 is 15.9 Å². The van der Waals surface area contributed by atoms with Crippen molar-refractivity contribution in [2.24, 2.45) is 0 Å². The maximum Gasteiger partial charge on any atom is 0.270 e. The summed E-state index contributed by atoms with van der Waals surface area (Å²) in [7, 11) is 1.60. The van der Waals surface area contributed by atoms with Crippen LogP contribution in [-0.2, 0) is 11.3 Å². The number of ether oxygens (including phenoxy) is 1. The second-order valence-electron chi connectivity index (χ2n) is 7.37. The molecule has 10 heteroatoms. The Morgan fingerprint density at radius 2 is 1.90 bits per heavy atom. The Balaban J connectivity index is 1.62. The van der Waals surface area contributed by atoms with Crippen LogP contribution in [0.15, 0.2) is 39.9 Å². The van der Waals surface area contributed by atoms with Crippen LogP contribution in [0.1, 0.15) is 27.8 Å². The summed E-state index contributed by atoms with van der Waals surface area (Å²) >= 11 is 3.41. The minimum absolute atomic E-state index is 0.0195. The Kier molecular flexibility index (Phi) is 4.63. The topological polar surface area (TPSA) is 91.1 Å². The summed E-state index contributed by atoms with van der Waals surface area (Å²) in [5.74, 6) is -2.50. The normalized spacial score (nSPS) is 15.9. The van der Waals surface area contributed by atoms with E-state index in [2.05, 4.69) is 30.9 Å². The molecule has 0 spiro atoms. The van der Waals surface area contributed by atoms with Crippen molar-refractivity contribution in [1.29, 1.82) is 0 Å². The highest BCUT2D eigenvalue weighted by Crippen LogP contribution is 2.34. The van der Waals surface area contributed by atoms with Crippen LogP contribution in [0.5, 0.6) is 0 Å². The van der Waals surface area contributed by atoms with Crippen molar-refractivity contribution in [1.82, 2.24) is 19.9 Å². The lowest BCUT2D eigenvalue weighted by molar-refractivity contribution is 0.0333. The van der Waals surface area contributed by atoms with Gasteiger partial charge in [0.2, 0.25) is 0 Å². The summed E-state index contributed by atoms with van der Waals surface area (Å²) in [5.41, 5.74) is 1.46. The number of amides is 1. The highest BCUT2D eigenvalue weighted by Gasteiger charge is 2.32. The molecule has 4 aromatic rings. The molecule has 0 saturated heterocycles. The van der Waals surface area contributed by atoms with E-state index in [1.165, 1.54) is 4.90 Å². The van der Waals surface area contributed by atoms with Gasteiger partial charge in [0, 0.05) is 34.4 Å². The zero-order chi connectivity index (χ0) is 21.9. The van der Waals surface area contributed by atoms with Crippen LogP contribution in [0, 0.1) is 11.6 Å². The Morgan fingerprint density at radius 3 is 2.65 bits per heavy atom. The molecule has 31 heavy (non-hydrogen) atoms. The molecule has 1 aromatic carbocycles. The number of carbonyl (C=O) groups excluding carboxylic acids is 1. The summed E-state index contributed by atoms with van der Waals surface area (Å²) in [6.07, 6.45) is 3.25. The highest BCUT2D eigenvalue weighted by molar-refractivity contribution is 9.10. The zero-order valence-electron chi connectivity index (χ0n) is 16.1. The number of hydrogen-bond acceptors (Lipinski definition) is 4. The van der Waals surface area contributed by atoms with E-state index in [9.17, 15) is 18.4 Å². The molecule has 1 aliphatic rings. The summed E-state index contributed by atoms with van der Waals surface area (Å²) in [6, 6.07) is 2.97. The van der Waals surface area contributed by atoms with E-state index in [0.29, 0.717) is 22.5 Å². The third-order valence-electron chi connectivity index (χ3n) is 5.56. The standard InChI is InChI=1S/C21H15BrF2N4O3/c1-28(21(30)15-4-11-12(22)5-25-6-16(11)26-15)18-8-31-7-17-19(18)9-2-13(23)14(24)3-10(9)20(29)27-17/h2-6,18,26H,7-8H2,1H3,(H,27,29). The number of benzene rings is 1. The Labute approximate surface area is 182 Å². The molecule has 5 rings (SSSR count). The lowest BCUT2D eigenvalue weighted by Crippen LogP contribution is -2.37. The first-order chi connectivity index (χ1) is 14.8. The Morgan fingerprint density at radius 1 is 1.16 bits per heavy atom. The summed E-state index contributed by atoms with van der Waals surface area (Å²) in [4.78, 5) is 36.9. The van der Waals surface area contributed by atoms with Crippen LogP contribution in [0.3, 0.4) is 0 Å². The quantitative estimate of drug-likeness (QED) is 0.449. The first-order valence-corrected chi connectivity index (χ1v) is 10.2. The maximum absolute atomic E-state index is 14.0. The number of carbonyl (C=O) groups is 1. The molecule has 3 aromatic heterocycles. The molecule has 1 amide bonds. The van der Waals surface area contributed by atoms with E-state index in [0.717, 1.165) is 22.0 Å². The Bertz CT molecular complexity index is 1430. The molecular formula is C21H15BrF2N4O3. The molecule has 4 heterocycles. The predicted molar refractivity (Wildman–Crippen MR) is 113 cm³/mol. The van der Waals surface area contributed by atoms with Crippen LogP contribution < -0.4 is 5.56 Å². The van der Waals surface area contributed by atoms with Gasteiger partial charge < -0.3 is 19.6 Å². The van der Waals surface area contributed by atoms with Gasteiger partial charge in [-0.05, 0) is 39.5 Å². The zero-order valence-corrected chi connectivity index (χ0v) is 17.7. The van der Waals surface area contributed by atoms with Gasteiger partial charge in [-0.2, -0.15) is 0 Å². The summed E-state index contributed by atoms with van der Waals surface area (Å²) in [6.45, 7) is 0.240. The van der Waals surface area contributed by atoms with Crippen molar-refractivity contribution < 1.29 is 18.3 Å². The van der Waals surface area contributed by atoms with Crippen LogP contribution in [0.25, 0.3) is 21.7 Å². The number of rotatable bonds is 2. The van der Waals surface area contributed by atoms with E-state index in [1.54, 1.807) is 25.5 Å². The van der Waals surface area contributed by atoms with Gasteiger partial charge in [0.15, 0.2) is 11.6 Å². The fourth-order valence-corrected chi connectivity index (χ4v) is 4.46. The maximum atomic E-state index is 14.0. The largest absolute Gasteiger partial charge is 0.373 e. The van der Waals surface area contributed by atoms with E-state index in [1.807, 2.05) is 0 Å². The third kappa shape index (κ3) is 3.14. The number of pyridine rings is 2. The number of H-pyrrole nitrogens is 2. The Hall–Kier alpha value is -3.11. The van der Waals surface area contributed by atoms with Gasteiger partial charge in [-0.15, -0.1) is 0 Å². The van der Waals surface area contributed by atoms with E-state index < -0.39 is 23.2 Å². The van der Waals surface area contributed by atoms with Crippen molar-refractivity contribution in [2.45, 2.75) is 12.6 Å². The number of halogens is 3. The van der Waals surface area contributed by atoms with Gasteiger partial charge >= 0.3 is 0 Å². The first-order valence-electron chi connectivity index (χ1n) is 9.36. The fraction of sp³-hybridized carbons (Fsp3) is 0.190. The molecule has 1 aliphatic heterocycles. The van der Waals surface area contributed by atoms with Crippen LogP contribution in [0.2, 0.25) is 0 Å². The third-order valence-corrected chi connectivity index (χ3v) is 6.19. The van der Waals surface area contributed by atoms with Crippen molar-refractivity contribution in [3.05, 3.63) is 74.0 Å². The van der Waals surface area contributed by atoms with Crippen molar-refractivity contribution >= 4 is 43.5 Å². The molecule has 1 unspecified atom stereocenters. The molecule has 2 N–H and O–H groups in total. The molecule has 7 nitrogen and oxygen atoms in total. The second-order valence-corrected chi connectivity index (χ2v) is 8.23. The highest BCUT2D eigenvalue weighted by atomic mass is 79.9. The molecule has 0 radical (unpaired) electrons. The monoisotopic (exact) mass is 488 g/mol.